The number of methoxy groups -OCH3 is 1. The van der Waals surface area contributed by atoms with E-state index in [0.29, 0.717) is 18.7 Å². The molecule has 0 radical (unpaired) electrons. The summed E-state index contributed by atoms with van der Waals surface area (Å²) in [7, 11) is 1.69. The van der Waals surface area contributed by atoms with Crippen molar-refractivity contribution in [2.45, 2.75) is 32.1 Å². The average Bonchev–Trinajstić information content (AvgIpc) is 2.89. The molecule has 1 aromatic heterocycles. The van der Waals surface area contributed by atoms with E-state index in [1.807, 2.05) is 48.5 Å². The van der Waals surface area contributed by atoms with Crippen LogP contribution in [-0.2, 0) is 36.9 Å². The maximum absolute atomic E-state index is 12.9. The van der Waals surface area contributed by atoms with Gasteiger partial charge in [-0.15, -0.1) is 0 Å². The molecular weight excluding hydrogens is 549 g/mol. The van der Waals surface area contributed by atoms with Crippen molar-refractivity contribution in [3.8, 4) is 17.0 Å². The molecule has 0 atom stereocenters. The third-order valence-electron chi connectivity index (χ3n) is 6.27. The standard InChI is InChI=1S/C29H26IN3O2/c1-35-23-13-14-24-21(18-23)10-16-25-28(24)31-26(15-9-19-5-3-2-4-6-19)29(32-25)33-27(34)17-20-7-11-22(30)12-8-20/h2-8,11-14,18H,9-10,15-17H2,1H3,(H,32,33,34). The molecule has 0 saturated heterocycles. The Balaban J connectivity index is 1.46. The molecule has 0 spiro atoms. The van der Waals surface area contributed by atoms with Crippen LogP contribution in [0.15, 0.2) is 72.8 Å². The van der Waals surface area contributed by atoms with Gasteiger partial charge in [-0.2, -0.15) is 0 Å². The Morgan fingerprint density at radius 2 is 1.74 bits per heavy atom. The molecule has 0 fully saturated rings. The minimum absolute atomic E-state index is 0.0811. The molecule has 0 bridgehead atoms. The van der Waals surface area contributed by atoms with Gasteiger partial charge in [-0.3, -0.25) is 4.79 Å². The summed E-state index contributed by atoms with van der Waals surface area (Å²) in [6, 6.07) is 24.5. The Bertz CT molecular complexity index is 1350. The first-order valence-electron chi connectivity index (χ1n) is 11.7. The van der Waals surface area contributed by atoms with Gasteiger partial charge in [-0.1, -0.05) is 42.5 Å². The largest absolute Gasteiger partial charge is 0.497 e. The van der Waals surface area contributed by atoms with Crippen LogP contribution in [0.25, 0.3) is 11.3 Å². The van der Waals surface area contributed by atoms with Crippen molar-refractivity contribution in [3.05, 3.63) is 104 Å². The van der Waals surface area contributed by atoms with Crippen LogP contribution in [0, 0.1) is 3.57 Å². The number of nitrogens with zero attached hydrogens (tertiary/aromatic N) is 2. The monoisotopic (exact) mass is 575 g/mol. The van der Waals surface area contributed by atoms with Gasteiger partial charge in [-0.25, -0.2) is 9.97 Å². The molecule has 0 unspecified atom stereocenters. The number of fused-ring (bicyclic) bond motifs is 3. The number of benzene rings is 3. The molecule has 1 amide bonds. The summed E-state index contributed by atoms with van der Waals surface area (Å²) in [5.41, 5.74) is 7.17. The van der Waals surface area contributed by atoms with Gasteiger partial charge in [0.05, 0.1) is 30.6 Å². The summed E-state index contributed by atoms with van der Waals surface area (Å²) in [4.78, 5) is 22.9. The summed E-state index contributed by atoms with van der Waals surface area (Å²) >= 11 is 2.27. The van der Waals surface area contributed by atoms with Crippen LogP contribution in [0.1, 0.15) is 28.1 Å². The molecule has 5 nitrogen and oxygen atoms in total. The Morgan fingerprint density at radius 3 is 2.51 bits per heavy atom. The normalized spacial score (nSPS) is 11.9. The van der Waals surface area contributed by atoms with E-state index >= 15 is 0 Å². The number of aromatic nitrogens is 2. The number of halogens is 1. The van der Waals surface area contributed by atoms with E-state index in [1.165, 1.54) is 11.1 Å². The second kappa shape index (κ2) is 10.6. The Kier molecular flexibility index (Phi) is 7.08. The summed E-state index contributed by atoms with van der Waals surface area (Å²) in [6.45, 7) is 0. The highest BCUT2D eigenvalue weighted by Crippen LogP contribution is 2.35. The lowest BCUT2D eigenvalue weighted by molar-refractivity contribution is -0.115. The number of carbonyl (C=O) groups excluding carboxylic acids is 1. The van der Waals surface area contributed by atoms with Crippen molar-refractivity contribution in [1.82, 2.24) is 9.97 Å². The highest BCUT2D eigenvalue weighted by molar-refractivity contribution is 14.1. The number of aryl methyl sites for hydroxylation is 4. The predicted molar refractivity (Wildman–Crippen MR) is 147 cm³/mol. The Morgan fingerprint density at radius 1 is 0.943 bits per heavy atom. The second-order valence-electron chi connectivity index (χ2n) is 8.67. The van der Waals surface area contributed by atoms with Crippen LogP contribution in [0.3, 0.4) is 0 Å². The number of ether oxygens (including phenoxy) is 1. The summed E-state index contributed by atoms with van der Waals surface area (Å²) in [6.07, 6.45) is 3.46. The molecule has 0 saturated carbocycles. The number of amides is 1. The van der Waals surface area contributed by atoms with E-state index in [-0.39, 0.29) is 5.91 Å². The van der Waals surface area contributed by atoms with Crippen LogP contribution < -0.4 is 10.1 Å². The number of hydrogen-bond donors (Lipinski definition) is 1. The molecule has 176 valence electrons. The van der Waals surface area contributed by atoms with Crippen LogP contribution in [-0.4, -0.2) is 23.0 Å². The first-order chi connectivity index (χ1) is 17.1. The van der Waals surface area contributed by atoms with E-state index in [4.69, 9.17) is 14.7 Å². The number of hydrogen-bond acceptors (Lipinski definition) is 4. The first-order valence-corrected chi connectivity index (χ1v) is 12.8. The number of carbonyl (C=O) groups is 1. The molecule has 1 aliphatic carbocycles. The number of anilines is 1. The quantitative estimate of drug-likeness (QED) is 0.282. The Hall–Kier alpha value is -3.26. The zero-order valence-corrected chi connectivity index (χ0v) is 21.7. The molecule has 4 aromatic rings. The van der Waals surface area contributed by atoms with Gasteiger partial charge < -0.3 is 10.1 Å². The smallest absolute Gasteiger partial charge is 0.229 e. The van der Waals surface area contributed by atoms with E-state index in [2.05, 4.69) is 52.2 Å². The molecule has 1 aliphatic rings. The van der Waals surface area contributed by atoms with Crippen molar-refractivity contribution in [3.63, 3.8) is 0 Å². The summed E-state index contributed by atoms with van der Waals surface area (Å²) < 4.78 is 6.56. The first kappa shape index (κ1) is 23.5. The third-order valence-corrected chi connectivity index (χ3v) is 6.99. The average molecular weight is 575 g/mol. The fourth-order valence-corrected chi connectivity index (χ4v) is 4.79. The minimum Gasteiger partial charge on any atom is -0.497 e. The lowest BCUT2D eigenvalue weighted by atomic mass is 9.91. The van der Waals surface area contributed by atoms with Gasteiger partial charge in [0.2, 0.25) is 5.91 Å². The van der Waals surface area contributed by atoms with Gasteiger partial charge in [0.1, 0.15) is 5.75 Å². The minimum atomic E-state index is -0.0811. The van der Waals surface area contributed by atoms with E-state index in [9.17, 15) is 4.79 Å². The number of nitrogens with one attached hydrogen (secondary N) is 1. The Labute approximate surface area is 219 Å². The lowest BCUT2D eigenvalue weighted by Gasteiger charge is -2.21. The summed E-state index contributed by atoms with van der Waals surface area (Å²) in [5, 5.41) is 3.07. The molecule has 0 aliphatic heterocycles. The highest BCUT2D eigenvalue weighted by Gasteiger charge is 2.23. The van der Waals surface area contributed by atoms with Gasteiger partial charge in [-0.05, 0) is 95.3 Å². The molecule has 1 heterocycles. The number of rotatable bonds is 7. The molecule has 35 heavy (non-hydrogen) atoms. The SMILES string of the molecule is COc1ccc2c(c1)CCc1nc(NC(=O)Cc3ccc(I)cc3)c(CCc3ccccc3)nc1-2. The van der Waals surface area contributed by atoms with Crippen molar-refractivity contribution in [2.24, 2.45) is 0 Å². The van der Waals surface area contributed by atoms with Crippen molar-refractivity contribution in [1.29, 1.82) is 0 Å². The van der Waals surface area contributed by atoms with Gasteiger partial charge in [0.15, 0.2) is 5.82 Å². The van der Waals surface area contributed by atoms with Crippen molar-refractivity contribution < 1.29 is 9.53 Å². The van der Waals surface area contributed by atoms with E-state index < -0.39 is 0 Å². The molecule has 5 rings (SSSR count). The third kappa shape index (κ3) is 5.53. The van der Waals surface area contributed by atoms with Crippen LogP contribution in [0.4, 0.5) is 5.82 Å². The fourth-order valence-electron chi connectivity index (χ4n) is 4.43. The van der Waals surface area contributed by atoms with Gasteiger partial charge in [0.25, 0.3) is 0 Å². The molecular formula is C29H26IN3O2. The van der Waals surface area contributed by atoms with Gasteiger partial charge >= 0.3 is 0 Å². The van der Waals surface area contributed by atoms with Crippen molar-refractivity contribution >= 4 is 34.3 Å². The van der Waals surface area contributed by atoms with Crippen molar-refractivity contribution in [2.75, 3.05) is 12.4 Å². The van der Waals surface area contributed by atoms with E-state index in [0.717, 1.165) is 56.8 Å². The highest BCUT2D eigenvalue weighted by atomic mass is 127. The van der Waals surface area contributed by atoms with Crippen LogP contribution >= 0.6 is 22.6 Å². The molecule has 3 aromatic carbocycles. The van der Waals surface area contributed by atoms with Crippen LogP contribution in [0.5, 0.6) is 5.75 Å². The maximum atomic E-state index is 12.9. The zero-order chi connectivity index (χ0) is 24.2. The molecule has 1 N–H and O–H groups in total. The van der Waals surface area contributed by atoms with Gasteiger partial charge in [0, 0.05) is 9.13 Å². The zero-order valence-electron chi connectivity index (χ0n) is 19.6. The van der Waals surface area contributed by atoms with Crippen LogP contribution in [0.2, 0.25) is 0 Å². The predicted octanol–water partition coefficient (Wildman–Crippen LogP) is 5.82. The maximum Gasteiger partial charge on any atom is 0.229 e. The second-order valence-corrected chi connectivity index (χ2v) is 9.92. The fraction of sp³-hybridized carbons (Fsp3) is 0.207. The molecule has 6 heteroatoms. The lowest BCUT2D eigenvalue weighted by Crippen LogP contribution is -2.20. The summed E-state index contributed by atoms with van der Waals surface area (Å²) in [5.74, 6) is 1.35. The topological polar surface area (TPSA) is 64.1 Å². The van der Waals surface area contributed by atoms with E-state index in [1.54, 1.807) is 7.11 Å².